The van der Waals surface area contributed by atoms with E-state index in [1.54, 1.807) is 0 Å². The van der Waals surface area contributed by atoms with E-state index in [1.165, 1.54) is 51.7 Å². The molecule has 106 valence electrons. The van der Waals surface area contributed by atoms with Crippen LogP contribution in [0.3, 0.4) is 0 Å². The van der Waals surface area contributed by atoms with Crippen LogP contribution in [0, 0.1) is 11.8 Å². The largest absolute Gasteiger partial charge is 0.310 e. The maximum atomic E-state index is 3.83. The lowest BCUT2D eigenvalue weighted by Gasteiger charge is -2.45. The van der Waals surface area contributed by atoms with Crippen molar-refractivity contribution in [1.29, 1.82) is 0 Å². The van der Waals surface area contributed by atoms with Crippen molar-refractivity contribution >= 4 is 0 Å². The van der Waals surface area contributed by atoms with Gasteiger partial charge in [-0.3, -0.25) is 4.90 Å². The second-order valence-corrected chi connectivity index (χ2v) is 7.05. The molecule has 0 aromatic rings. The molecule has 18 heavy (non-hydrogen) atoms. The van der Waals surface area contributed by atoms with E-state index in [2.05, 4.69) is 37.9 Å². The molecule has 0 spiro atoms. The molecule has 4 atom stereocenters. The summed E-state index contributed by atoms with van der Waals surface area (Å²) < 4.78 is 0. The van der Waals surface area contributed by atoms with Crippen LogP contribution in [0.25, 0.3) is 0 Å². The minimum atomic E-state index is 0.430. The van der Waals surface area contributed by atoms with Crippen LogP contribution >= 0.6 is 0 Å². The molecule has 1 N–H and O–H groups in total. The number of likely N-dealkylation sites (tertiary alicyclic amines) is 1. The van der Waals surface area contributed by atoms with Crippen LogP contribution in [-0.2, 0) is 0 Å². The van der Waals surface area contributed by atoms with Gasteiger partial charge < -0.3 is 5.32 Å². The minimum absolute atomic E-state index is 0.430. The van der Waals surface area contributed by atoms with Gasteiger partial charge in [-0.15, -0.1) is 0 Å². The van der Waals surface area contributed by atoms with Gasteiger partial charge >= 0.3 is 0 Å². The molecule has 2 aliphatic rings. The highest BCUT2D eigenvalue weighted by Crippen LogP contribution is 2.32. The Morgan fingerprint density at radius 2 is 2.06 bits per heavy atom. The Hall–Kier alpha value is -0.0800. The van der Waals surface area contributed by atoms with E-state index in [4.69, 9.17) is 0 Å². The first-order chi connectivity index (χ1) is 8.56. The zero-order chi connectivity index (χ0) is 13.2. The maximum Gasteiger partial charge on any atom is 0.0309 e. The Morgan fingerprint density at radius 3 is 2.67 bits per heavy atom. The lowest BCUT2D eigenvalue weighted by Crippen LogP contribution is -2.56. The van der Waals surface area contributed by atoms with Crippen molar-refractivity contribution in [1.82, 2.24) is 10.2 Å². The van der Waals surface area contributed by atoms with Gasteiger partial charge in [-0.05, 0) is 51.0 Å². The number of piperidine rings is 1. The number of nitrogens with one attached hydrogen (secondary N) is 1. The Morgan fingerprint density at radius 1 is 1.28 bits per heavy atom. The average Bonchev–Trinajstić information content (AvgIpc) is 2.74. The molecule has 0 bridgehead atoms. The zero-order valence-corrected chi connectivity index (χ0v) is 12.8. The standard InChI is InChI=1S/C16H32N2/c1-5-7-16(8-6-9-17-16)12-18-11-13(2)10-14(3)15(18)4/h13-15,17H,5-12H2,1-4H3. The Labute approximate surface area is 114 Å². The van der Waals surface area contributed by atoms with Crippen molar-refractivity contribution < 1.29 is 0 Å². The van der Waals surface area contributed by atoms with Crippen LogP contribution in [0.5, 0.6) is 0 Å². The third kappa shape index (κ3) is 3.08. The number of nitrogens with zero attached hydrogens (tertiary/aromatic N) is 1. The predicted octanol–water partition coefficient (Wildman–Crippen LogP) is 3.28. The number of hydrogen-bond donors (Lipinski definition) is 1. The van der Waals surface area contributed by atoms with Gasteiger partial charge in [-0.2, -0.15) is 0 Å². The summed E-state index contributed by atoms with van der Waals surface area (Å²) in [4.78, 5) is 2.77. The normalized spacial score (nSPS) is 42.3. The minimum Gasteiger partial charge on any atom is -0.310 e. The van der Waals surface area contributed by atoms with Crippen LogP contribution in [0.2, 0.25) is 0 Å². The van der Waals surface area contributed by atoms with Gasteiger partial charge in [0.05, 0.1) is 0 Å². The fourth-order valence-electron chi connectivity index (χ4n) is 4.20. The fraction of sp³-hybridized carbons (Fsp3) is 1.00. The number of hydrogen-bond acceptors (Lipinski definition) is 2. The summed E-state index contributed by atoms with van der Waals surface area (Å²) in [7, 11) is 0. The van der Waals surface area contributed by atoms with Gasteiger partial charge in [0.15, 0.2) is 0 Å². The average molecular weight is 252 g/mol. The molecule has 0 amide bonds. The van der Waals surface area contributed by atoms with Crippen molar-refractivity contribution in [3.05, 3.63) is 0 Å². The lowest BCUT2D eigenvalue weighted by atomic mass is 9.83. The molecule has 0 radical (unpaired) electrons. The van der Waals surface area contributed by atoms with Gasteiger partial charge in [0.2, 0.25) is 0 Å². The highest BCUT2D eigenvalue weighted by molar-refractivity contribution is 4.97. The third-order valence-electron chi connectivity index (χ3n) is 5.29. The first kappa shape index (κ1) is 14.3. The molecule has 2 rings (SSSR count). The lowest BCUT2D eigenvalue weighted by molar-refractivity contribution is 0.0514. The van der Waals surface area contributed by atoms with Crippen molar-refractivity contribution in [2.75, 3.05) is 19.6 Å². The van der Waals surface area contributed by atoms with Gasteiger partial charge in [0.25, 0.3) is 0 Å². The monoisotopic (exact) mass is 252 g/mol. The Balaban J connectivity index is 2.01. The first-order valence-corrected chi connectivity index (χ1v) is 8.05. The maximum absolute atomic E-state index is 3.83. The molecule has 0 aliphatic carbocycles. The zero-order valence-electron chi connectivity index (χ0n) is 12.8. The predicted molar refractivity (Wildman–Crippen MR) is 78.9 cm³/mol. The van der Waals surface area contributed by atoms with E-state index in [1.807, 2.05) is 0 Å². The molecule has 2 saturated heterocycles. The summed E-state index contributed by atoms with van der Waals surface area (Å²) in [5.74, 6) is 1.73. The molecular weight excluding hydrogens is 220 g/mol. The Bertz CT molecular complexity index is 258. The quantitative estimate of drug-likeness (QED) is 0.826. The molecule has 0 saturated carbocycles. The second-order valence-electron chi connectivity index (χ2n) is 7.05. The molecule has 4 unspecified atom stereocenters. The molecule has 0 aromatic heterocycles. The first-order valence-electron chi connectivity index (χ1n) is 8.05. The van der Waals surface area contributed by atoms with Crippen LogP contribution in [0.4, 0.5) is 0 Å². The van der Waals surface area contributed by atoms with Crippen LogP contribution in [0.1, 0.15) is 59.8 Å². The van der Waals surface area contributed by atoms with Crippen LogP contribution in [-0.4, -0.2) is 36.1 Å². The molecule has 2 aliphatic heterocycles. The van der Waals surface area contributed by atoms with Gasteiger partial charge in [0, 0.05) is 24.7 Å². The Kier molecular flexibility index (Phi) is 4.71. The fourth-order valence-corrected chi connectivity index (χ4v) is 4.20. The van der Waals surface area contributed by atoms with Crippen LogP contribution in [0.15, 0.2) is 0 Å². The van der Waals surface area contributed by atoms with Gasteiger partial charge in [0.1, 0.15) is 0 Å². The highest BCUT2D eigenvalue weighted by atomic mass is 15.2. The number of rotatable bonds is 4. The van der Waals surface area contributed by atoms with Gasteiger partial charge in [-0.1, -0.05) is 27.2 Å². The van der Waals surface area contributed by atoms with Crippen molar-refractivity contribution in [2.45, 2.75) is 71.4 Å². The summed E-state index contributed by atoms with van der Waals surface area (Å²) in [6.07, 6.45) is 6.81. The van der Waals surface area contributed by atoms with Crippen molar-refractivity contribution in [2.24, 2.45) is 11.8 Å². The van der Waals surface area contributed by atoms with E-state index in [9.17, 15) is 0 Å². The second kappa shape index (κ2) is 5.92. The van der Waals surface area contributed by atoms with E-state index >= 15 is 0 Å². The van der Waals surface area contributed by atoms with Crippen LogP contribution < -0.4 is 5.32 Å². The summed E-state index contributed by atoms with van der Waals surface area (Å²) in [5.41, 5.74) is 0.430. The summed E-state index contributed by atoms with van der Waals surface area (Å²) in [5, 5.41) is 3.83. The molecule has 2 nitrogen and oxygen atoms in total. The van der Waals surface area contributed by atoms with Crippen molar-refractivity contribution in [3.63, 3.8) is 0 Å². The summed E-state index contributed by atoms with van der Waals surface area (Å²) in [6.45, 7) is 13.4. The molecular formula is C16H32N2. The smallest absolute Gasteiger partial charge is 0.0309 e. The van der Waals surface area contributed by atoms with E-state index in [0.29, 0.717) is 5.54 Å². The molecule has 2 heteroatoms. The molecule has 2 heterocycles. The topological polar surface area (TPSA) is 15.3 Å². The summed E-state index contributed by atoms with van der Waals surface area (Å²) in [6, 6.07) is 0.761. The van der Waals surface area contributed by atoms with Gasteiger partial charge in [-0.25, -0.2) is 0 Å². The molecule has 0 aromatic carbocycles. The summed E-state index contributed by atoms with van der Waals surface area (Å²) >= 11 is 0. The van der Waals surface area contributed by atoms with E-state index in [-0.39, 0.29) is 0 Å². The van der Waals surface area contributed by atoms with E-state index < -0.39 is 0 Å². The van der Waals surface area contributed by atoms with E-state index in [0.717, 1.165) is 17.9 Å². The highest BCUT2D eigenvalue weighted by Gasteiger charge is 2.38. The SMILES string of the molecule is CCCC1(CN2CC(C)CC(C)C2C)CCCN1. The third-order valence-corrected chi connectivity index (χ3v) is 5.29. The van der Waals surface area contributed by atoms with Crippen molar-refractivity contribution in [3.8, 4) is 0 Å². The molecule has 2 fully saturated rings.